The molecule has 0 radical (unpaired) electrons. The Morgan fingerprint density at radius 2 is 2.04 bits per heavy atom. The summed E-state index contributed by atoms with van der Waals surface area (Å²) in [6.07, 6.45) is 6.82. The smallest absolute Gasteiger partial charge is 0.0519 e. The van der Waals surface area contributed by atoms with E-state index < -0.39 is 0 Å². The lowest BCUT2D eigenvalue weighted by Crippen LogP contribution is -2.28. The predicted octanol–water partition coefficient (Wildman–Crippen LogP) is 3.62. The first-order valence-electron chi connectivity index (χ1n) is 9.04. The predicted molar refractivity (Wildman–Crippen MR) is 98.6 cm³/mol. The SMILES string of the molecule is Cc1cc2c3c(c1)c1c(n3CC(c3ccn(C)c3)C2)CCN(C)C1. The number of fused-ring (bicyclic) bond motifs is 3. The van der Waals surface area contributed by atoms with Gasteiger partial charge >= 0.3 is 0 Å². The van der Waals surface area contributed by atoms with E-state index in [0.29, 0.717) is 5.92 Å². The van der Waals surface area contributed by atoms with Crippen LogP contribution in [0.3, 0.4) is 0 Å². The molecular weight excluding hydrogens is 294 g/mol. The standard InChI is InChI=1S/C21H25N3/c1-14-8-16-10-17(15-4-6-22(2)11-15)12-24-20-5-7-23(3)13-19(20)18(9-14)21(16)24/h4,6,8-9,11,17H,5,7,10,12-13H2,1-3H3. The van der Waals surface area contributed by atoms with E-state index in [4.69, 9.17) is 0 Å². The highest BCUT2D eigenvalue weighted by Gasteiger charge is 2.29. The molecule has 0 saturated heterocycles. The van der Waals surface area contributed by atoms with E-state index in [1.54, 1.807) is 16.8 Å². The molecule has 2 aliphatic rings. The van der Waals surface area contributed by atoms with Crippen LogP contribution in [0.1, 0.15) is 33.9 Å². The quantitative estimate of drug-likeness (QED) is 0.668. The van der Waals surface area contributed by atoms with Crippen LogP contribution in [0.15, 0.2) is 30.6 Å². The van der Waals surface area contributed by atoms with Crippen molar-refractivity contribution in [3.05, 3.63) is 58.5 Å². The molecule has 0 amide bonds. The van der Waals surface area contributed by atoms with Crippen molar-refractivity contribution in [2.75, 3.05) is 13.6 Å². The third kappa shape index (κ3) is 2.01. The second-order valence-electron chi connectivity index (χ2n) is 7.86. The molecule has 5 rings (SSSR count). The summed E-state index contributed by atoms with van der Waals surface area (Å²) in [5, 5.41) is 1.51. The Balaban J connectivity index is 1.71. The van der Waals surface area contributed by atoms with Crippen LogP contribution in [0.2, 0.25) is 0 Å². The normalized spacial score (nSPS) is 20.5. The van der Waals surface area contributed by atoms with Crippen LogP contribution in [0.5, 0.6) is 0 Å². The fourth-order valence-electron chi connectivity index (χ4n) is 4.86. The molecule has 3 heteroatoms. The molecule has 0 N–H and O–H groups in total. The Bertz CT molecular complexity index is 944. The van der Waals surface area contributed by atoms with E-state index in [1.807, 2.05) is 0 Å². The molecular formula is C21H25N3. The van der Waals surface area contributed by atoms with Crippen LogP contribution in [-0.2, 0) is 33.0 Å². The molecule has 1 aromatic carbocycles. The fourth-order valence-corrected chi connectivity index (χ4v) is 4.86. The van der Waals surface area contributed by atoms with Gasteiger partial charge in [-0.3, -0.25) is 0 Å². The largest absolute Gasteiger partial charge is 0.357 e. The number of rotatable bonds is 1. The number of aryl methyl sites for hydroxylation is 2. The second-order valence-corrected chi connectivity index (χ2v) is 7.86. The first-order valence-corrected chi connectivity index (χ1v) is 9.04. The molecule has 1 unspecified atom stereocenters. The summed E-state index contributed by atoms with van der Waals surface area (Å²) in [4.78, 5) is 2.46. The number of benzene rings is 1. The summed E-state index contributed by atoms with van der Waals surface area (Å²) in [5.41, 5.74) is 9.12. The van der Waals surface area contributed by atoms with Crippen molar-refractivity contribution in [3.8, 4) is 0 Å². The zero-order chi connectivity index (χ0) is 16.4. The third-order valence-corrected chi connectivity index (χ3v) is 5.96. The summed E-state index contributed by atoms with van der Waals surface area (Å²) in [6, 6.07) is 7.13. The lowest BCUT2D eigenvalue weighted by atomic mass is 9.89. The molecule has 3 nitrogen and oxygen atoms in total. The van der Waals surface area contributed by atoms with Crippen LogP contribution in [0, 0.1) is 6.92 Å². The van der Waals surface area contributed by atoms with Gasteiger partial charge < -0.3 is 14.0 Å². The average molecular weight is 319 g/mol. The summed E-state index contributed by atoms with van der Waals surface area (Å²) < 4.78 is 4.84. The molecule has 3 aromatic rings. The maximum absolute atomic E-state index is 2.66. The summed E-state index contributed by atoms with van der Waals surface area (Å²) in [6.45, 7) is 5.65. The van der Waals surface area contributed by atoms with Crippen molar-refractivity contribution >= 4 is 10.9 Å². The molecule has 1 atom stereocenters. The molecule has 0 saturated carbocycles. The van der Waals surface area contributed by atoms with Crippen molar-refractivity contribution in [2.45, 2.75) is 38.8 Å². The summed E-state index contributed by atoms with van der Waals surface area (Å²) in [7, 11) is 4.37. The molecule has 24 heavy (non-hydrogen) atoms. The van der Waals surface area contributed by atoms with E-state index >= 15 is 0 Å². The lowest BCUT2D eigenvalue weighted by Gasteiger charge is -2.28. The van der Waals surface area contributed by atoms with Crippen LogP contribution in [0.4, 0.5) is 0 Å². The van der Waals surface area contributed by atoms with Gasteiger partial charge in [0.2, 0.25) is 0 Å². The van der Waals surface area contributed by atoms with Gasteiger partial charge in [-0.1, -0.05) is 11.6 Å². The minimum absolute atomic E-state index is 0.597. The second kappa shape index (κ2) is 5.00. The first-order chi connectivity index (χ1) is 11.6. The highest BCUT2D eigenvalue weighted by atomic mass is 15.1. The van der Waals surface area contributed by atoms with Crippen molar-refractivity contribution in [3.63, 3.8) is 0 Å². The molecule has 0 bridgehead atoms. The van der Waals surface area contributed by atoms with E-state index in [2.05, 4.69) is 65.6 Å². The van der Waals surface area contributed by atoms with E-state index in [-0.39, 0.29) is 0 Å². The Kier molecular flexibility index (Phi) is 2.99. The molecule has 0 fully saturated rings. The van der Waals surface area contributed by atoms with Gasteiger partial charge in [0.05, 0.1) is 5.52 Å². The highest BCUT2D eigenvalue weighted by Crippen LogP contribution is 2.40. The third-order valence-electron chi connectivity index (χ3n) is 5.96. The maximum Gasteiger partial charge on any atom is 0.0519 e. The number of hydrogen-bond acceptors (Lipinski definition) is 1. The molecule has 4 heterocycles. The van der Waals surface area contributed by atoms with Gasteiger partial charge in [0.1, 0.15) is 0 Å². The zero-order valence-electron chi connectivity index (χ0n) is 14.8. The van der Waals surface area contributed by atoms with Gasteiger partial charge in [-0.05, 0) is 49.2 Å². The van der Waals surface area contributed by atoms with Gasteiger partial charge in [-0.2, -0.15) is 0 Å². The van der Waals surface area contributed by atoms with Crippen LogP contribution in [-0.4, -0.2) is 27.6 Å². The first kappa shape index (κ1) is 14.4. The van der Waals surface area contributed by atoms with Crippen molar-refractivity contribution in [2.24, 2.45) is 7.05 Å². The number of likely N-dealkylation sites (N-methyl/N-ethyl adjacent to an activating group) is 1. The highest BCUT2D eigenvalue weighted by molar-refractivity contribution is 5.90. The summed E-state index contributed by atoms with van der Waals surface area (Å²) in [5.74, 6) is 0.597. The van der Waals surface area contributed by atoms with Gasteiger partial charge in [-0.15, -0.1) is 0 Å². The maximum atomic E-state index is 2.66. The minimum atomic E-state index is 0.597. The van der Waals surface area contributed by atoms with Gasteiger partial charge in [0.25, 0.3) is 0 Å². The Morgan fingerprint density at radius 1 is 1.17 bits per heavy atom. The van der Waals surface area contributed by atoms with Crippen LogP contribution in [0.25, 0.3) is 10.9 Å². The topological polar surface area (TPSA) is 13.1 Å². The van der Waals surface area contributed by atoms with E-state index in [1.165, 1.54) is 41.4 Å². The Morgan fingerprint density at radius 3 is 2.83 bits per heavy atom. The number of aromatic nitrogens is 2. The molecule has 2 aromatic heterocycles. The van der Waals surface area contributed by atoms with Crippen molar-refractivity contribution in [1.82, 2.24) is 14.0 Å². The van der Waals surface area contributed by atoms with Gasteiger partial charge in [-0.25, -0.2) is 0 Å². The van der Waals surface area contributed by atoms with Crippen LogP contribution < -0.4 is 0 Å². The zero-order valence-corrected chi connectivity index (χ0v) is 14.8. The number of hydrogen-bond donors (Lipinski definition) is 0. The molecule has 124 valence electrons. The van der Waals surface area contributed by atoms with Crippen LogP contribution >= 0.6 is 0 Å². The monoisotopic (exact) mass is 319 g/mol. The van der Waals surface area contributed by atoms with Crippen molar-refractivity contribution in [1.29, 1.82) is 0 Å². The molecule has 2 aliphatic heterocycles. The number of nitrogens with zero attached hydrogens (tertiary/aromatic N) is 3. The molecule has 0 aliphatic carbocycles. The van der Waals surface area contributed by atoms with Crippen molar-refractivity contribution < 1.29 is 0 Å². The van der Waals surface area contributed by atoms with E-state index in [9.17, 15) is 0 Å². The average Bonchev–Trinajstić information content (AvgIpc) is 3.10. The van der Waals surface area contributed by atoms with Gasteiger partial charge in [0, 0.05) is 62.5 Å². The van der Waals surface area contributed by atoms with Gasteiger partial charge in [0.15, 0.2) is 0 Å². The minimum Gasteiger partial charge on any atom is -0.357 e. The lowest BCUT2D eigenvalue weighted by molar-refractivity contribution is 0.308. The molecule has 0 spiro atoms. The van der Waals surface area contributed by atoms with E-state index in [0.717, 1.165) is 13.1 Å². The summed E-state index contributed by atoms with van der Waals surface area (Å²) >= 11 is 0. The fraction of sp³-hybridized carbons (Fsp3) is 0.429. The Hall–Kier alpha value is -2.00. The Labute approximate surface area is 143 Å².